The zero-order valence-electron chi connectivity index (χ0n) is 10.9. The zero-order chi connectivity index (χ0) is 14.4. The van der Waals surface area contributed by atoms with Gasteiger partial charge in [-0.25, -0.2) is 0 Å². The Kier molecular flexibility index (Phi) is 4.95. The first-order valence-corrected chi connectivity index (χ1v) is 6.37. The van der Waals surface area contributed by atoms with E-state index in [0.717, 1.165) is 0 Å². The van der Waals surface area contributed by atoms with Gasteiger partial charge in [0.15, 0.2) is 6.29 Å². The van der Waals surface area contributed by atoms with Crippen molar-refractivity contribution in [2.45, 2.75) is 18.9 Å². The predicted octanol–water partition coefficient (Wildman–Crippen LogP) is 1.31. The van der Waals surface area contributed by atoms with E-state index >= 15 is 0 Å². The molecule has 1 saturated heterocycles. The van der Waals surface area contributed by atoms with Gasteiger partial charge in [0.1, 0.15) is 24.2 Å². The molecule has 0 aliphatic carbocycles. The van der Waals surface area contributed by atoms with E-state index in [1.807, 2.05) is 0 Å². The highest BCUT2D eigenvalue weighted by Crippen LogP contribution is 2.22. The number of rotatable bonds is 8. The number of aromatic hydroxyl groups is 1. The first kappa shape index (κ1) is 14.3. The molecule has 1 aromatic rings. The average molecular weight is 280 g/mol. The molecule has 1 atom stereocenters. The van der Waals surface area contributed by atoms with Gasteiger partial charge in [0.05, 0.1) is 18.8 Å². The number of phenolic OH excluding ortho intramolecular Hbond substituents is 1. The van der Waals surface area contributed by atoms with Crippen molar-refractivity contribution in [1.82, 2.24) is 0 Å². The SMILES string of the molecule is O=Cc1ccc(OCCCC(=O)OCC2CO2)cc1O. The Hall–Kier alpha value is -2.08. The minimum atomic E-state index is -0.275. The molecule has 0 saturated carbocycles. The van der Waals surface area contributed by atoms with Crippen LogP contribution in [0.4, 0.5) is 0 Å². The first-order chi connectivity index (χ1) is 9.69. The van der Waals surface area contributed by atoms with Crippen molar-refractivity contribution in [3.63, 3.8) is 0 Å². The Morgan fingerprint density at radius 2 is 2.30 bits per heavy atom. The number of ether oxygens (including phenoxy) is 3. The number of phenols is 1. The molecular formula is C14H16O6. The highest BCUT2D eigenvalue weighted by Gasteiger charge is 2.23. The Bertz CT molecular complexity index is 481. The van der Waals surface area contributed by atoms with Crippen LogP contribution in [0.3, 0.4) is 0 Å². The van der Waals surface area contributed by atoms with Crippen LogP contribution in [0.25, 0.3) is 0 Å². The maximum Gasteiger partial charge on any atom is 0.306 e. The number of benzene rings is 1. The molecule has 0 amide bonds. The Morgan fingerprint density at radius 3 is 2.95 bits per heavy atom. The van der Waals surface area contributed by atoms with Crippen molar-refractivity contribution in [1.29, 1.82) is 0 Å². The molecule has 6 heteroatoms. The number of hydrogen-bond donors (Lipinski definition) is 1. The number of carbonyl (C=O) groups excluding carboxylic acids is 2. The Balaban J connectivity index is 1.63. The van der Waals surface area contributed by atoms with E-state index in [2.05, 4.69) is 0 Å². The number of esters is 1. The molecule has 1 N–H and O–H groups in total. The third-order valence-corrected chi connectivity index (χ3v) is 2.76. The van der Waals surface area contributed by atoms with Gasteiger partial charge < -0.3 is 19.3 Å². The largest absolute Gasteiger partial charge is 0.507 e. The summed E-state index contributed by atoms with van der Waals surface area (Å²) in [7, 11) is 0. The topological polar surface area (TPSA) is 85.4 Å². The second-order valence-corrected chi connectivity index (χ2v) is 4.43. The van der Waals surface area contributed by atoms with Gasteiger partial charge in [-0.3, -0.25) is 9.59 Å². The molecular weight excluding hydrogens is 264 g/mol. The minimum Gasteiger partial charge on any atom is -0.507 e. The molecule has 20 heavy (non-hydrogen) atoms. The Labute approximate surface area is 116 Å². The van der Waals surface area contributed by atoms with Gasteiger partial charge in [-0.15, -0.1) is 0 Å². The molecule has 1 unspecified atom stereocenters. The van der Waals surface area contributed by atoms with Gasteiger partial charge in [-0.2, -0.15) is 0 Å². The molecule has 1 heterocycles. The highest BCUT2D eigenvalue weighted by atomic mass is 16.6. The van der Waals surface area contributed by atoms with E-state index in [9.17, 15) is 14.7 Å². The highest BCUT2D eigenvalue weighted by molar-refractivity contribution is 5.79. The lowest BCUT2D eigenvalue weighted by molar-refractivity contribution is -0.144. The van der Waals surface area contributed by atoms with Crippen molar-refractivity contribution in [3.8, 4) is 11.5 Å². The van der Waals surface area contributed by atoms with Gasteiger partial charge in [-0.05, 0) is 18.6 Å². The molecule has 108 valence electrons. The van der Waals surface area contributed by atoms with Gasteiger partial charge in [0.25, 0.3) is 0 Å². The van der Waals surface area contributed by atoms with Crippen LogP contribution >= 0.6 is 0 Å². The maximum atomic E-state index is 11.3. The van der Waals surface area contributed by atoms with E-state index < -0.39 is 0 Å². The third-order valence-electron chi connectivity index (χ3n) is 2.76. The van der Waals surface area contributed by atoms with Crippen molar-refractivity contribution in [2.75, 3.05) is 19.8 Å². The molecule has 1 aliphatic rings. The lowest BCUT2D eigenvalue weighted by Crippen LogP contribution is -2.11. The van der Waals surface area contributed by atoms with Gasteiger partial charge in [0, 0.05) is 12.5 Å². The van der Waals surface area contributed by atoms with Crippen LogP contribution in [0.2, 0.25) is 0 Å². The zero-order valence-corrected chi connectivity index (χ0v) is 10.9. The normalized spacial score (nSPS) is 16.5. The van der Waals surface area contributed by atoms with E-state index in [1.165, 1.54) is 12.1 Å². The second kappa shape index (κ2) is 6.91. The summed E-state index contributed by atoms with van der Waals surface area (Å²) in [5, 5.41) is 9.47. The predicted molar refractivity (Wildman–Crippen MR) is 68.9 cm³/mol. The molecule has 0 spiro atoms. The number of aldehydes is 1. The van der Waals surface area contributed by atoms with Gasteiger partial charge >= 0.3 is 5.97 Å². The molecule has 1 fully saturated rings. The van der Waals surface area contributed by atoms with E-state index in [1.54, 1.807) is 6.07 Å². The number of hydrogen-bond acceptors (Lipinski definition) is 6. The summed E-state index contributed by atoms with van der Waals surface area (Å²) >= 11 is 0. The standard InChI is InChI=1S/C14H16O6/c15-7-10-3-4-11(6-13(10)16)18-5-1-2-14(17)20-9-12-8-19-12/h3-4,6-7,12,16H,1-2,5,8-9H2. The average Bonchev–Trinajstić information content (AvgIpc) is 3.26. The Morgan fingerprint density at radius 1 is 1.50 bits per heavy atom. The third kappa shape index (κ3) is 4.55. The van der Waals surface area contributed by atoms with Crippen molar-refractivity contribution < 1.29 is 28.9 Å². The van der Waals surface area contributed by atoms with Gasteiger partial charge in [-0.1, -0.05) is 0 Å². The summed E-state index contributed by atoms with van der Waals surface area (Å²) < 4.78 is 15.3. The quantitative estimate of drug-likeness (QED) is 0.334. The smallest absolute Gasteiger partial charge is 0.306 e. The number of carbonyl (C=O) groups is 2. The van der Waals surface area contributed by atoms with Crippen molar-refractivity contribution >= 4 is 12.3 Å². The van der Waals surface area contributed by atoms with Crippen LogP contribution in [0.5, 0.6) is 11.5 Å². The molecule has 0 bridgehead atoms. The molecule has 0 aromatic heterocycles. The lowest BCUT2D eigenvalue weighted by Gasteiger charge is -2.07. The molecule has 0 radical (unpaired) electrons. The minimum absolute atomic E-state index is 0.0782. The van der Waals surface area contributed by atoms with Crippen molar-refractivity contribution in [3.05, 3.63) is 23.8 Å². The summed E-state index contributed by atoms with van der Waals surface area (Å²) in [5.74, 6) is 0.0532. The fourth-order valence-corrected chi connectivity index (χ4v) is 1.54. The summed E-state index contributed by atoms with van der Waals surface area (Å²) in [4.78, 5) is 21.8. The second-order valence-electron chi connectivity index (χ2n) is 4.43. The van der Waals surface area contributed by atoms with E-state index in [0.29, 0.717) is 38.3 Å². The van der Waals surface area contributed by atoms with Crippen LogP contribution in [0.1, 0.15) is 23.2 Å². The monoisotopic (exact) mass is 280 g/mol. The molecule has 6 nitrogen and oxygen atoms in total. The van der Waals surface area contributed by atoms with E-state index in [-0.39, 0.29) is 29.8 Å². The lowest BCUT2D eigenvalue weighted by atomic mass is 10.2. The summed E-state index contributed by atoms with van der Waals surface area (Å²) in [5.41, 5.74) is 0.211. The van der Waals surface area contributed by atoms with E-state index in [4.69, 9.17) is 14.2 Å². The summed E-state index contributed by atoms with van der Waals surface area (Å²) in [6.45, 7) is 1.31. The molecule has 1 aromatic carbocycles. The van der Waals surface area contributed by atoms with Crippen LogP contribution < -0.4 is 4.74 Å². The molecule has 1 aliphatic heterocycles. The fraction of sp³-hybridized carbons (Fsp3) is 0.429. The first-order valence-electron chi connectivity index (χ1n) is 6.37. The summed E-state index contributed by atoms with van der Waals surface area (Å²) in [6, 6.07) is 4.43. The van der Waals surface area contributed by atoms with Crippen LogP contribution in [0.15, 0.2) is 18.2 Å². The molecule has 2 rings (SSSR count). The fourth-order valence-electron chi connectivity index (χ4n) is 1.54. The summed E-state index contributed by atoms with van der Waals surface area (Å²) in [6.07, 6.45) is 1.43. The van der Waals surface area contributed by atoms with Crippen molar-refractivity contribution in [2.24, 2.45) is 0 Å². The number of epoxide rings is 1. The maximum absolute atomic E-state index is 11.3. The van der Waals surface area contributed by atoms with Crippen LogP contribution in [0, 0.1) is 0 Å². The van der Waals surface area contributed by atoms with Crippen LogP contribution in [-0.2, 0) is 14.3 Å². The van der Waals surface area contributed by atoms with Crippen LogP contribution in [-0.4, -0.2) is 43.3 Å². The van der Waals surface area contributed by atoms with Gasteiger partial charge in [0.2, 0.25) is 0 Å².